The molecule has 0 saturated heterocycles. The molecule has 0 aromatic heterocycles. The van der Waals surface area contributed by atoms with Crippen molar-refractivity contribution in [1.82, 2.24) is 5.32 Å². The molecular formula is C16H22Cl2N2O. The standard InChI is InChI=1S/C16H22Cl2N2O/c17-12-7-8-15(14(18)11-12)20-16(21)9-10-19-13-5-3-1-2-4-6-13/h7-8,11,13,19H,1-6,9-10H2,(H,20,21). The number of halogens is 2. The normalized spacial score (nSPS) is 16.5. The van der Waals surface area contributed by atoms with Gasteiger partial charge >= 0.3 is 0 Å². The fraction of sp³-hybridized carbons (Fsp3) is 0.562. The van der Waals surface area contributed by atoms with Gasteiger partial charge in [0, 0.05) is 24.0 Å². The van der Waals surface area contributed by atoms with Crippen molar-refractivity contribution in [2.45, 2.75) is 51.0 Å². The first-order chi connectivity index (χ1) is 10.1. The van der Waals surface area contributed by atoms with Crippen molar-refractivity contribution in [1.29, 1.82) is 0 Å². The van der Waals surface area contributed by atoms with Gasteiger partial charge in [-0.05, 0) is 31.0 Å². The Balaban J connectivity index is 1.71. The Bertz CT molecular complexity index is 471. The van der Waals surface area contributed by atoms with E-state index in [2.05, 4.69) is 10.6 Å². The van der Waals surface area contributed by atoms with E-state index < -0.39 is 0 Å². The van der Waals surface area contributed by atoms with Crippen molar-refractivity contribution in [3.05, 3.63) is 28.2 Å². The van der Waals surface area contributed by atoms with Crippen LogP contribution in [0.4, 0.5) is 5.69 Å². The fourth-order valence-electron chi connectivity index (χ4n) is 2.68. The van der Waals surface area contributed by atoms with E-state index in [1.807, 2.05) is 0 Å². The number of hydrogen-bond donors (Lipinski definition) is 2. The van der Waals surface area contributed by atoms with Gasteiger partial charge in [0.05, 0.1) is 10.7 Å². The summed E-state index contributed by atoms with van der Waals surface area (Å²) in [4.78, 5) is 11.9. The van der Waals surface area contributed by atoms with Gasteiger partial charge in [-0.15, -0.1) is 0 Å². The molecule has 1 aromatic carbocycles. The zero-order valence-corrected chi connectivity index (χ0v) is 13.6. The molecule has 0 unspecified atom stereocenters. The molecular weight excluding hydrogens is 307 g/mol. The van der Waals surface area contributed by atoms with Crippen molar-refractivity contribution < 1.29 is 4.79 Å². The highest BCUT2D eigenvalue weighted by molar-refractivity contribution is 6.36. The van der Waals surface area contributed by atoms with Crippen LogP contribution in [0.25, 0.3) is 0 Å². The maximum atomic E-state index is 11.9. The summed E-state index contributed by atoms with van der Waals surface area (Å²) >= 11 is 11.9. The van der Waals surface area contributed by atoms with Crippen LogP contribution in [0.1, 0.15) is 44.9 Å². The SMILES string of the molecule is O=C(CCNC1CCCCCC1)Nc1ccc(Cl)cc1Cl. The van der Waals surface area contributed by atoms with Crippen LogP contribution < -0.4 is 10.6 Å². The molecule has 1 aromatic rings. The number of anilines is 1. The average Bonchev–Trinajstić information content (AvgIpc) is 2.71. The molecule has 0 atom stereocenters. The zero-order chi connectivity index (χ0) is 15.1. The first-order valence-electron chi connectivity index (χ1n) is 7.63. The Hall–Kier alpha value is -0.770. The molecule has 21 heavy (non-hydrogen) atoms. The van der Waals surface area contributed by atoms with Crippen molar-refractivity contribution >= 4 is 34.8 Å². The van der Waals surface area contributed by atoms with Crippen LogP contribution in [-0.2, 0) is 4.79 Å². The summed E-state index contributed by atoms with van der Waals surface area (Å²) in [6.07, 6.45) is 8.18. The fourth-order valence-corrected chi connectivity index (χ4v) is 3.13. The molecule has 0 radical (unpaired) electrons. The number of rotatable bonds is 5. The molecule has 1 aliphatic carbocycles. The number of hydrogen-bond acceptors (Lipinski definition) is 2. The second kappa shape index (κ2) is 8.62. The van der Waals surface area contributed by atoms with Crippen molar-refractivity contribution in [3.8, 4) is 0 Å². The van der Waals surface area contributed by atoms with E-state index in [9.17, 15) is 4.79 Å². The molecule has 0 aliphatic heterocycles. The second-order valence-electron chi connectivity index (χ2n) is 5.56. The van der Waals surface area contributed by atoms with Gasteiger partial charge < -0.3 is 10.6 Å². The third-order valence-electron chi connectivity index (χ3n) is 3.85. The molecule has 1 saturated carbocycles. The summed E-state index contributed by atoms with van der Waals surface area (Å²) < 4.78 is 0. The quantitative estimate of drug-likeness (QED) is 0.773. The van der Waals surface area contributed by atoms with Crippen molar-refractivity contribution in [2.75, 3.05) is 11.9 Å². The molecule has 1 fully saturated rings. The number of carbonyl (C=O) groups excluding carboxylic acids is 1. The third-order valence-corrected chi connectivity index (χ3v) is 4.39. The second-order valence-corrected chi connectivity index (χ2v) is 6.41. The van der Waals surface area contributed by atoms with Crippen LogP contribution in [0.15, 0.2) is 18.2 Å². The summed E-state index contributed by atoms with van der Waals surface area (Å²) in [5.74, 6) is -0.0275. The van der Waals surface area contributed by atoms with Crippen LogP contribution in [0.3, 0.4) is 0 Å². The lowest BCUT2D eigenvalue weighted by molar-refractivity contribution is -0.116. The van der Waals surface area contributed by atoms with Gasteiger partial charge in [-0.1, -0.05) is 48.9 Å². The molecule has 3 nitrogen and oxygen atoms in total. The molecule has 0 spiro atoms. The Morgan fingerprint density at radius 3 is 2.52 bits per heavy atom. The zero-order valence-electron chi connectivity index (χ0n) is 12.1. The average molecular weight is 329 g/mol. The Kier molecular flexibility index (Phi) is 6.81. The topological polar surface area (TPSA) is 41.1 Å². The predicted molar refractivity (Wildman–Crippen MR) is 89.2 cm³/mol. The van der Waals surface area contributed by atoms with Crippen molar-refractivity contribution in [3.63, 3.8) is 0 Å². The molecule has 2 N–H and O–H groups in total. The number of benzene rings is 1. The lowest BCUT2D eigenvalue weighted by Crippen LogP contribution is -2.31. The maximum absolute atomic E-state index is 11.9. The minimum atomic E-state index is -0.0275. The van der Waals surface area contributed by atoms with E-state index in [4.69, 9.17) is 23.2 Å². The van der Waals surface area contributed by atoms with Gasteiger partial charge in [-0.25, -0.2) is 0 Å². The monoisotopic (exact) mass is 328 g/mol. The van der Waals surface area contributed by atoms with Crippen LogP contribution >= 0.6 is 23.2 Å². The highest BCUT2D eigenvalue weighted by Gasteiger charge is 2.12. The largest absolute Gasteiger partial charge is 0.325 e. The van der Waals surface area contributed by atoms with E-state index in [-0.39, 0.29) is 5.91 Å². The third kappa shape index (κ3) is 5.85. The lowest BCUT2D eigenvalue weighted by atomic mass is 10.1. The highest BCUT2D eigenvalue weighted by Crippen LogP contribution is 2.25. The van der Waals surface area contributed by atoms with E-state index >= 15 is 0 Å². The Morgan fingerprint density at radius 2 is 1.86 bits per heavy atom. The smallest absolute Gasteiger partial charge is 0.225 e. The molecule has 116 valence electrons. The van der Waals surface area contributed by atoms with Gasteiger partial charge in [-0.2, -0.15) is 0 Å². The summed E-state index contributed by atoms with van der Waals surface area (Å²) in [6.45, 7) is 0.710. The van der Waals surface area contributed by atoms with Crippen LogP contribution in [0.2, 0.25) is 10.0 Å². The van der Waals surface area contributed by atoms with Crippen molar-refractivity contribution in [2.24, 2.45) is 0 Å². The number of carbonyl (C=O) groups is 1. The number of amides is 1. The van der Waals surface area contributed by atoms with Gasteiger partial charge in [0.15, 0.2) is 0 Å². The summed E-state index contributed by atoms with van der Waals surface area (Å²) in [6, 6.07) is 5.64. The van der Waals surface area contributed by atoms with Gasteiger partial charge in [-0.3, -0.25) is 4.79 Å². The van der Waals surface area contributed by atoms with E-state index in [0.29, 0.717) is 34.7 Å². The van der Waals surface area contributed by atoms with Gasteiger partial charge in [0.1, 0.15) is 0 Å². The minimum absolute atomic E-state index is 0.0275. The molecule has 2 rings (SSSR count). The van der Waals surface area contributed by atoms with Crippen LogP contribution in [0.5, 0.6) is 0 Å². The Labute approximate surface area is 136 Å². The summed E-state index contributed by atoms with van der Waals surface area (Å²) in [7, 11) is 0. The Morgan fingerprint density at radius 1 is 1.14 bits per heavy atom. The molecule has 5 heteroatoms. The summed E-state index contributed by atoms with van der Waals surface area (Å²) in [5.41, 5.74) is 0.612. The van der Waals surface area contributed by atoms with Crippen LogP contribution in [-0.4, -0.2) is 18.5 Å². The molecule has 1 aliphatic rings. The minimum Gasteiger partial charge on any atom is -0.325 e. The van der Waals surface area contributed by atoms with E-state index in [1.165, 1.54) is 38.5 Å². The van der Waals surface area contributed by atoms with E-state index in [0.717, 1.165) is 0 Å². The maximum Gasteiger partial charge on any atom is 0.225 e. The van der Waals surface area contributed by atoms with Gasteiger partial charge in [0.25, 0.3) is 0 Å². The number of nitrogens with one attached hydrogen (secondary N) is 2. The molecule has 0 heterocycles. The first-order valence-corrected chi connectivity index (χ1v) is 8.39. The predicted octanol–water partition coefficient (Wildman–Crippen LogP) is 4.63. The van der Waals surface area contributed by atoms with E-state index in [1.54, 1.807) is 18.2 Å². The molecule has 0 bridgehead atoms. The molecule has 1 amide bonds. The van der Waals surface area contributed by atoms with Crippen LogP contribution in [0, 0.1) is 0 Å². The summed E-state index contributed by atoms with van der Waals surface area (Å²) in [5, 5.41) is 7.33. The first kappa shape index (κ1) is 16.6. The lowest BCUT2D eigenvalue weighted by Gasteiger charge is -2.16. The highest BCUT2D eigenvalue weighted by atomic mass is 35.5. The van der Waals surface area contributed by atoms with Gasteiger partial charge in [0.2, 0.25) is 5.91 Å².